The van der Waals surface area contributed by atoms with Crippen molar-refractivity contribution in [2.75, 3.05) is 6.54 Å². The van der Waals surface area contributed by atoms with Crippen LogP contribution in [0.4, 0.5) is 0 Å². The van der Waals surface area contributed by atoms with E-state index in [4.69, 9.17) is 0 Å². The maximum atomic E-state index is 4.39. The molecular formula is C8H15BrN3+. The van der Waals surface area contributed by atoms with Crippen LogP contribution in [0.15, 0.2) is 4.47 Å². The fourth-order valence-electron chi connectivity index (χ4n) is 1.15. The molecule has 0 bridgehead atoms. The van der Waals surface area contributed by atoms with E-state index in [1.165, 1.54) is 5.69 Å². The van der Waals surface area contributed by atoms with Gasteiger partial charge in [-0.05, 0) is 29.8 Å². The fourth-order valence-corrected chi connectivity index (χ4v) is 1.44. The number of nitrogens with zero attached hydrogens (tertiary/aromatic N) is 2. The molecule has 3 nitrogen and oxygen atoms in total. The number of quaternary nitrogens is 1. The number of aromatic nitrogens is 2. The Morgan fingerprint density at radius 1 is 1.50 bits per heavy atom. The molecule has 0 amide bonds. The molecule has 1 aromatic heterocycles. The molecule has 0 atom stereocenters. The monoisotopic (exact) mass is 232 g/mol. The first kappa shape index (κ1) is 9.74. The van der Waals surface area contributed by atoms with Gasteiger partial charge in [0.1, 0.15) is 0 Å². The van der Waals surface area contributed by atoms with Gasteiger partial charge in [0.2, 0.25) is 0 Å². The first-order valence-corrected chi connectivity index (χ1v) is 4.95. The van der Waals surface area contributed by atoms with Gasteiger partial charge >= 0.3 is 0 Å². The normalized spacial score (nSPS) is 10.7. The standard InChI is InChI=1S/C8H14BrN3/c1-6-8(9)7(2)12(11-6)5-3-4-10/h3-5,10H2,1-2H3/p+1. The zero-order valence-corrected chi connectivity index (χ0v) is 9.19. The van der Waals surface area contributed by atoms with Gasteiger partial charge in [0, 0.05) is 18.7 Å². The molecule has 0 fully saturated rings. The second-order valence-corrected chi connectivity index (χ2v) is 3.71. The summed E-state index contributed by atoms with van der Waals surface area (Å²) in [4.78, 5) is 0. The lowest BCUT2D eigenvalue weighted by atomic mass is 10.4. The molecule has 68 valence electrons. The van der Waals surface area contributed by atoms with Crippen LogP contribution in [0, 0.1) is 13.8 Å². The lowest BCUT2D eigenvalue weighted by molar-refractivity contribution is -0.368. The first-order chi connectivity index (χ1) is 5.66. The molecule has 0 aromatic carbocycles. The molecule has 0 saturated heterocycles. The Bertz CT molecular complexity index is 268. The van der Waals surface area contributed by atoms with Crippen molar-refractivity contribution < 1.29 is 5.73 Å². The summed E-state index contributed by atoms with van der Waals surface area (Å²) in [7, 11) is 0. The quantitative estimate of drug-likeness (QED) is 0.828. The summed E-state index contributed by atoms with van der Waals surface area (Å²) in [6, 6.07) is 0. The van der Waals surface area contributed by atoms with Gasteiger partial charge < -0.3 is 5.73 Å². The van der Waals surface area contributed by atoms with Gasteiger partial charge in [-0.3, -0.25) is 4.68 Å². The zero-order valence-electron chi connectivity index (χ0n) is 7.60. The summed E-state index contributed by atoms with van der Waals surface area (Å²) in [5, 5.41) is 4.39. The minimum Gasteiger partial charge on any atom is -0.358 e. The fraction of sp³-hybridized carbons (Fsp3) is 0.625. The van der Waals surface area contributed by atoms with Crippen molar-refractivity contribution in [2.45, 2.75) is 26.8 Å². The zero-order chi connectivity index (χ0) is 9.14. The SMILES string of the molecule is Cc1nn(CCC[NH3+])c(C)c1Br. The van der Waals surface area contributed by atoms with Gasteiger partial charge in [-0.1, -0.05) is 0 Å². The van der Waals surface area contributed by atoms with Gasteiger partial charge in [-0.25, -0.2) is 0 Å². The van der Waals surface area contributed by atoms with E-state index < -0.39 is 0 Å². The van der Waals surface area contributed by atoms with E-state index in [-0.39, 0.29) is 0 Å². The van der Waals surface area contributed by atoms with Crippen molar-refractivity contribution >= 4 is 15.9 Å². The minimum absolute atomic E-state index is 0.968. The van der Waals surface area contributed by atoms with Crippen LogP contribution < -0.4 is 5.73 Å². The third-order valence-electron chi connectivity index (χ3n) is 1.91. The number of rotatable bonds is 3. The molecule has 0 unspecified atom stereocenters. The Hall–Kier alpha value is -0.350. The average Bonchev–Trinajstić information content (AvgIpc) is 2.30. The molecule has 12 heavy (non-hydrogen) atoms. The largest absolute Gasteiger partial charge is 0.358 e. The predicted octanol–water partition coefficient (Wildman–Crippen LogP) is 0.894. The summed E-state index contributed by atoms with van der Waals surface area (Å²) in [5.74, 6) is 0. The molecule has 0 aliphatic rings. The molecular weight excluding hydrogens is 218 g/mol. The molecule has 0 spiro atoms. The van der Waals surface area contributed by atoms with Crippen LogP contribution in [-0.2, 0) is 6.54 Å². The van der Waals surface area contributed by atoms with Crippen molar-refractivity contribution in [3.8, 4) is 0 Å². The molecule has 1 aromatic rings. The molecule has 0 radical (unpaired) electrons. The van der Waals surface area contributed by atoms with Gasteiger partial charge in [0.15, 0.2) is 0 Å². The van der Waals surface area contributed by atoms with Crippen molar-refractivity contribution in [1.82, 2.24) is 9.78 Å². The van der Waals surface area contributed by atoms with Crippen LogP contribution in [0.2, 0.25) is 0 Å². The average molecular weight is 233 g/mol. The topological polar surface area (TPSA) is 45.5 Å². The van der Waals surface area contributed by atoms with Crippen LogP contribution in [0.1, 0.15) is 17.8 Å². The van der Waals surface area contributed by atoms with Gasteiger partial charge in [0.05, 0.1) is 16.7 Å². The van der Waals surface area contributed by atoms with Gasteiger partial charge in [-0.15, -0.1) is 0 Å². The number of halogens is 1. The molecule has 0 saturated carbocycles. The maximum absolute atomic E-state index is 4.39. The number of hydrogen-bond acceptors (Lipinski definition) is 1. The molecule has 1 heterocycles. The minimum atomic E-state index is 0.968. The molecule has 1 rings (SSSR count). The van der Waals surface area contributed by atoms with Crippen LogP contribution >= 0.6 is 15.9 Å². The van der Waals surface area contributed by atoms with Crippen LogP contribution in [0.3, 0.4) is 0 Å². The highest BCUT2D eigenvalue weighted by molar-refractivity contribution is 9.10. The summed E-state index contributed by atoms with van der Waals surface area (Å²) < 4.78 is 3.16. The Balaban J connectivity index is 2.79. The summed E-state index contributed by atoms with van der Waals surface area (Å²) in [6.07, 6.45) is 1.09. The van der Waals surface area contributed by atoms with Crippen LogP contribution in [-0.4, -0.2) is 16.3 Å². The number of hydrogen-bond donors (Lipinski definition) is 1. The van der Waals surface area contributed by atoms with Crippen molar-refractivity contribution in [3.63, 3.8) is 0 Å². The predicted molar refractivity (Wildman–Crippen MR) is 51.8 cm³/mol. The molecule has 3 N–H and O–H groups in total. The van der Waals surface area contributed by atoms with E-state index in [0.29, 0.717) is 0 Å². The van der Waals surface area contributed by atoms with E-state index in [0.717, 1.165) is 29.7 Å². The molecule has 4 heteroatoms. The van der Waals surface area contributed by atoms with E-state index in [9.17, 15) is 0 Å². The summed E-state index contributed by atoms with van der Waals surface area (Å²) in [6.45, 7) is 6.03. The second kappa shape index (κ2) is 4.05. The van der Waals surface area contributed by atoms with Gasteiger partial charge in [-0.2, -0.15) is 5.10 Å². The lowest BCUT2D eigenvalue weighted by Gasteiger charge is -2.00. The Labute approximate surface area is 81.1 Å². The summed E-state index contributed by atoms with van der Waals surface area (Å²) >= 11 is 3.49. The Morgan fingerprint density at radius 2 is 2.17 bits per heavy atom. The Kier molecular flexibility index (Phi) is 3.29. The van der Waals surface area contributed by atoms with Crippen LogP contribution in [0.5, 0.6) is 0 Å². The van der Waals surface area contributed by atoms with Crippen molar-refractivity contribution in [3.05, 3.63) is 15.9 Å². The van der Waals surface area contributed by atoms with Crippen molar-refractivity contribution in [2.24, 2.45) is 0 Å². The highest BCUT2D eigenvalue weighted by Gasteiger charge is 2.07. The van der Waals surface area contributed by atoms with E-state index in [2.05, 4.69) is 33.7 Å². The first-order valence-electron chi connectivity index (χ1n) is 4.15. The van der Waals surface area contributed by atoms with E-state index in [1.54, 1.807) is 0 Å². The van der Waals surface area contributed by atoms with Crippen LogP contribution in [0.25, 0.3) is 0 Å². The smallest absolute Gasteiger partial charge is 0.0757 e. The highest BCUT2D eigenvalue weighted by Crippen LogP contribution is 2.19. The third-order valence-corrected chi connectivity index (χ3v) is 3.06. The Morgan fingerprint density at radius 3 is 2.58 bits per heavy atom. The number of aryl methyl sites for hydroxylation is 2. The van der Waals surface area contributed by atoms with E-state index in [1.807, 2.05) is 11.6 Å². The second-order valence-electron chi connectivity index (χ2n) is 2.92. The molecule has 0 aliphatic heterocycles. The van der Waals surface area contributed by atoms with E-state index >= 15 is 0 Å². The third kappa shape index (κ3) is 1.87. The van der Waals surface area contributed by atoms with Crippen molar-refractivity contribution in [1.29, 1.82) is 0 Å². The van der Waals surface area contributed by atoms with Gasteiger partial charge in [0.25, 0.3) is 0 Å². The maximum Gasteiger partial charge on any atom is 0.0757 e. The summed E-state index contributed by atoms with van der Waals surface area (Å²) in [5.41, 5.74) is 6.08. The molecule has 0 aliphatic carbocycles. The highest BCUT2D eigenvalue weighted by atomic mass is 79.9. The lowest BCUT2D eigenvalue weighted by Crippen LogP contribution is -2.50.